The van der Waals surface area contributed by atoms with Crippen molar-refractivity contribution in [1.29, 1.82) is 0 Å². The Kier molecular flexibility index (Phi) is 5.66. The van der Waals surface area contributed by atoms with Crippen molar-refractivity contribution in [3.8, 4) is 0 Å². The lowest BCUT2D eigenvalue weighted by Gasteiger charge is -2.31. The molecule has 0 saturated heterocycles. The number of rotatable bonds is 5. The fourth-order valence-corrected chi connectivity index (χ4v) is 2.57. The van der Waals surface area contributed by atoms with E-state index in [4.69, 9.17) is 0 Å². The third kappa shape index (κ3) is 5.01. The van der Waals surface area contributed by atoms with Crippen LogP contribution in [0.4, 0.5) is 0 Å². The van der Waals surface area contributed by atoms with Gasteiger partial charge in [-0.25, -0.2) is 0 Å². The summed E-state index contributed by atoms with van der Waals surface area (Å²) in [6.45, 7) is 10.6. The normalized spacial score (nSPS) is 27.6. The summed E-state index contributed by atoms with van der Waals surface area (Å²) in [5.41, 5.74) is 0. The topological polar surface area (TPSA) is 12.0 Å². The Hall–Kier alpha value is -0.0400. The molecule has 1 fully saturated rings. The van der Waals surface area contributed by atoms with Crippen molar-refractivity contribution in [2.45, 2.75) is 65.8 Å². The third-order valence-corrected chi connectivity index (χ3v) is 3.87. The molecule has 0 atom stereocenters. The van der Waals surface area contributed by atoms with Crippen molar-refractivity contribution < 1.29 is 0 Å². The molecule has 1 aliphatic rings. The van der Waals surface area contributed by atoms with Crippen LogP contribution in [0.5, 0.6) is 0 Å². The molecule has 15 heavy (non-hydrogen) atoms. The molecule has 0 radical (unpaired) electrons. The standard InChI is InChI=1S/C14H29N/c1-11(2)9-10-15-14-7-5-13(6-8-14)12(3)4/h11-15H,5-10H2,1-4H3/t13-,14-. The molecule has 0 unspecified atom stereocenters. The first-order valence-corrected chi connectivity index (χ1v) is 6.83. The molecule has 90 valence electrons. The van der Waals surface area contributed by atoms with Gasteiger partial charge >= 0.3 is 0 Å². The van der Waals surface area contributed by atoms with Crippen LogP contribution in [0.15, 0.2) is 0 Å². The molecule has 0 aromatic rings. The van der Waals surface area contributed by atoms with Gasteiger partial charge in [0.15, 0.2) is 0 Å². The van der Waals surface area contributed by atoms with E-state index in [9.17, 15) is 0 Å². The Morgan fingerprint density at radius 3 is 2.07 bits per heavy atom. The summed E-state index contributed by atoms with van der Waals surface area (Å²) >= 11 is 0. The Morgan fingerprint density at radius 2 is 1.60 bits per heavy atom. The maximum absolute atomic E-state index is 3.71. The van der Waals surface area contributed by atoms with Crippen LogP contribution in [0.3, 0.4) is 0 Å². The molecule has 1 heteroatoms. The zero-order valence-corrected chi connectivity index (χ0v) is 11.1. The Balaban J connectivity index is 2.09. The fraction of sp³-hybridized carbons (Fsp3) is 1.00. The van der Waals surface area contributed by atoms with Gasteiger partial charge < -0.3 is 5.32 Å². The van der Waals surface area contributed by atoms with Crippen LogP contribution < -0.4 is 5.32 Å². The summed E-state index contributed by atoms with van der Waals surface area (Å²) in [5.74, 6) is 2.72. The molecule has 1 N–H and O–H groups in total. The van der Waals surface area contributed by atoms with Gasteiger partial charge in [-0.2, -0.15) is 0 Å². The van der Waals surface area contributed by atoms with Gasteiger partial charge in [0.2, 0.25) is 0 Å². The van der Waals surface area contributed by atoms with Gasteiger partial charge in [0.05, 0.1) is 0 Å². The molecule has 0 aromatic heterocycles. The van der Waals surface area contributed by atoms with Gasteiger partial charge in [-0.15, -0.1) is 0 Å². The Morgan fingerprint density at radius 1 is 1.00 bits per heavy atom. The fourth-order valence-electron chi connectivity index (χ4n) is 2.57. The molecule has 0 aromatic carbocycles. The third-order valence-electron chi connectivity index (χ3n) is 3.87. The SMILES string of the molecule is CC(C)CCN[C@H]1CC[C@H](C(C)C)CC1. The highest BCUT2D eigenvalue weighted by atomic mass is 14.9. The zero-order valence-electron chi connectivity index (χ0n) is 11.1. The van der Waals surface area contributed by atoms with Crippen molar-refractivity contribution in [1.82, 2.24) is 5.32 Å². The van der Waals surface area contributed by atoms with E-state index in [2.05, 4.69) is 33.0 Å². The lowest BCUT2D eigenvalue weighted by atomic mass is 9.80. The minimum absolute atomic E-state index is 0.818. The first-order chi connectivity index (χ1) is 7.09. The van der Waals surface area contributed by atoms with E-state index in [0.717, 1.165) is 23.8 Å². The molecular weight excluding hydrogens is 182 g/mol. The van der Waals surface area contributed by atoms with Crippen LogP contribution in [0.1, 0.15) is 59.8 Å². The van der Waals surface area contributed by atoms with E-state index >= 15 is 0 Å². The quantitative estimate of drug-likeness (QED) is 0.728. The van der Waals surface area contributed by atoms with E-state index in [1.54, 1.807) is 0 Å². The number of hydrogen-bond donors (Lipinski definition) is 1. The van der Waals surface area contributed by atoms with E-state index in [-0.39, 0.29) is 0 Å². The van der Waals surface area contributed by atoms with Crippen LogP contribution in [-0.4, -0.2) is 12.6 Å². The predicted octanol–water partition coefficient (Wildman–Crippen LogP) is 3.84. The van der Waals surface area contributed by atoms with Crippen LogP contribution in [0.25, 0.3) is 0 Å². The zero-order chi connectivity index (χ0) is 11.3. The first kappa shape index (κ1) is 13.0. The van der Waals surface area contributed by atoms with Crippen molar-refractivity contribution in [3.63, 3.8) is 0 Å². The van der Waals surface area contributed by atoms with E-state index in [0.29, 0.717) is 0 Å². The second-order valence-electron chi connectivity index (χ2n) is 5.99. The van der Waals surface area contributed by atoms with E-state index in [1.165, 1.54) is 38.6 Å². The summed E-state index contributed by atoms with van der Waals surface area (Å²) in [4.78, 5) is 0. The van der Waals surface area contributed by atoms with Crippen LogP contribution in [-0.2, 0) is 0 Å². The van der Waals surface area contributed by atoms with Gasteiger partial charge in [0, 0.05) is 6.04 Å². The Labute approximate surface area is 96.0 Å². The molecule has 1 nitrogen and oxygen atoms in total. The van der Waals surface area contributed by atoms with Gasteiger partial charge in [-0.05, 0) is 56.4 Å². The highest BCUT2D eigenvalue weighted by molar-refractivity contribution is 4.78. The summed E-state index contributed by atoms with van der Waals surface area (Å²) < 4.78 is 0. The molecule has 1 rings (SSSR count). The summed E-state index contributed by atoms with van der Waals surface area (Å²) in [5, 5.41) is 3.71. The lowest BCUT2D eigenvalue weighted by Crippen LogP contribution is -2.35. The highest BCUT2D eigenvalue weighted by Gasteiger charge is 2.22. The minimum atomic E-state index is 0.818. The average molecular weight is 211 g/mol. The number of hydrogen-bond acceptors (Lipinski definition) is 1. The Bertz CT molecular complexity index is 152. The maximum Gasteiger partial charge on any atom is 0.00672 e. The first-order valence-electron chi connectivity index (χ1n) is 6.83. The van der Waals surface area contributed by atoms with Gasteiger partial charge in [0.25, 0.3) is 0 Å². The van der Waals surface area contributed by atoms with Crippen molar-refractivity contribution in [3.05, 3.63) is 0 Å². The molecular formula is C14H29N. The average Bonchev–Trinajstić information content (AvgIpc) is 2.18. The molecule has 0 bridgehead atoms. The maximum atomic E-state index is 3.71. The van der Waals surface area contributed by atoms with Gasteiger partial charge in [0.1, 0.15) is 0 Å². The second kappa shape index (κ2) is 6.52. The molecule has 1 saturated carbocycles. The predicted molar refractivity (Wildman–Crippen MR) is 68.0 cm³/mol. The molecule has 0 aliphatic heterocycles. The molecule has 1 aliphatic carbocycles. The monoisotopic (exact) mass is 211 g/mol. The van der Waals surface area contributed by atoms with Crippen molar-refractivity contribution in [2.24, 2.45) is 17.8 Å². The molecule has 0 heterocycles. The van der Waals surface area contributed by atoms with Crippen LogP contribution in [0.2, 0.25) is 0 Å². The van der Waals surface area contributed by atoms with Gasteiger partial charge in [-0.3, -0.25) is 0 Å². The van der Waals surface area contributed by atoms with E-state index in [1.807, 2.05) is 0 Å². The van der Waals surface area contributed by atoms with Crippen molar-refractivity contribution >= 4 is 0 Å². The highest BCUT2D eigenvalue weighted by Crippen LogP contribution is 2.29. The lowest BCUT2D eigenvalue weighted by molar-refractivity contribution is 0.237. The van der Waals surface area contributed by atoms with Gasteiger partial charge in [-0.1, -0.05) is 27.7 Å². The van der Waals surface area contributed by atoms with Crippen LogP contribution in [0, 0.1) is 17.8 Å². The molecule has 0 amide bonds. The summed E-state index contributed by atoms with van der Waals surface area (Å²) in [6.07, 6.45) is 7.01. The second-order valence-corrected chi connectivity index (χ2v) is 5.99. The summed E-state index contributed by atoms with van der Waals surface area (Å²) in [6, 6.07) is 0.818. The largest absolute Gasteiger partial charge is 0.314 e. The van der Waals surface area contributed by atoms with E-state index < -0.39 is 0 Å². The number of nitrogens with one attached hydrogen (secondary N) is 1. The summed E-state index contributed by atoms with van der Waals surface area (Å²) in [7, 11) is 0. The van der Waals surface area contributed by atoms with Crippen molar-refractivity contribution in [2.75, 3.05) is 6.54 Å². The van der Waals surface area contributed by atoms with Crippen LogP contribution >= 0.6 is 0 Å². The minimum Gasteiger partial charge on any atom is -0.314 e. The molecule has 0 spiro atoms. The smallest absolute Gasteiger partial charge is 0.00672 e.